The maximum atomic E-state index is 10.8. The summed E-state index contributed by atoms with van der Waals surface area (Å²) in [5, 5.41) is 8.89. The predicted octanol–water partition coefficient (Wildman–Crippen LogP) is 0.968. The van der Waals surface area contributed by atoms with Crippen LogP contribution < -0.4 is 5.73 Å². The van der Waals surface area contributed by atoms with Gasteiger partial charge in [0.1, 0.15) is 0 Å². The first-order valence-electron chi connectivity index (χ1n) is 6.06. The normalized spacial score (nSPS) is 14.7. The number of likely N-dealkylation sites (N-methyl/N-ethyl adjacent to an activating group) is 1. The number of aliphatic carboxylic acids is 1. The van der Waals surface area contributed by atoms with Crippen LogP contribution in [-0.4, -0.2) is 46.1 Å². The van der Waals surface area contributed by atoms with Gasteiger partial charge in [-0.25, -0.2) is 4.98 Å². The number of imidazole rings is 1. The topological polar surface area (TPSA) is 95.2 Å². The van der Waals surface area contributed by atoms with Gasteiger partial charge in [0.25, 0.3) is 0 Å². The maximum absolute atomic E-state index is 10.8. The number of carboxylic acid groups (broad SMARTS) is 1. The Morgan fingerprint density at radius 2 is 2.26 bits per heavy atom. The van der Waals surface area contributed by atoms with E-state index >= 15 is 0 Å². The van der Waals surface area contributed by atoms with E-state index in [1.807, 2.05) is 37.2 Å². The Bertz CT molecular complexity index is 579. The molecular weight excluding hydrogens is 244 g/mol. The van der Waals surface area contributed by atoms with Gasteiger partial charge < -0.3 is 20.7 Å². The number of carbonyl (C=O) groups is 1. The number of aromatic nitrogens is 2. The second kappa shape index (κ2) is 5.38. The number of rotatable bonds is 5. The minimum atomic E-state index is -0.887. The molecule has 2 rings (SSSR count). The van der Waals surface area contributed by atoms with Gasteiger partial charge in [0, 0.05) is 12.1 Å². The molecule has 2 unspecified atom stereocenters. The molecule has 6 nitrogen and oxygen atoms in total. The highest BCUT2D eigenvalue weighted by molar-refractivity contribution is 5.75. The molecular formula is C13H18N4O2. The third-order valence-electron chi connectivity index (χ3n) is 3.16. The molecule has 0 aliphatic carbocycles. The zero-order valence-corrected chi connectivity index (χ0v) is 11.0. The summed E-state index contributed by atoms with van der Waals surface area (Å²) in [6.07, 6.45) is 1.57. The summed E-state index contributed by atoms with van der Waals surface area (Å²) >= 11 is 0. The van der Waals surface area contributed by atoms with Crippen LogP contribution in [0.15, 0.2) is 24.5 Å². The number of aromatic amines is 1. The fraction of sp³-hybridized carbons (Fsp3) is 0.385. The van der Waals surface area contributed by atoms with Gasteiger partial charge in [-0.1, -0.05) is 6.07 Å². The molecule has 0 saturated carbocycles. The van der Waals surface area contributed by atoms with Crippen molar-refractivity contribution in [2.45, 2.75) is 18.5 Å². The van der Waals surface area contributed by atoms with Crippen LogP contribution in [0.4, 0.5) is 0 Å². The molecule has 0 saturated heterocycles. The van der Waals surface area contributed by atoms with Crippen molar-refractivity contribution >= 4 is 17.0 Å². The number of fused-ring (bicyclic) bond motifs is 1. The number of nitrogens with zero attached hydrogens (tertiary/aromatic N) is 2. The fourth-order valence-corrected chi connectivity index (χ4v) is 2.38. The number of benzene rings is 1. The number of nitrogens with two attached hydrogens (primary N) is 1. The first-order valence-corrected chi connectivity index (χ1v) is 6.06. The molecule has 0 fully saturated rings. The van der Waals surface area contributed by atoms with Gasteiger partial charge in [0.2, 0.25) is 0 Å². The number of hydrogen-bond acceptors (Lipinski definition) is 4. The summed E-state index contributed by atoms with van der Waals surface area (Å²) < 4.78 is 0. The van der Waals surface area contributed by atoms with E-state index in [1.54, 1.807) is 6.33 Å². The van der Waals surface area contributed by atoms with Crippen molar-refractivity contribution in [3.8, 4) is 0 Å². The van der Waals surface area contributed by atoms with Gasteiger partial charge in [-0.3, -0.25) is 4.79 Å². The average molecular weight is 262 g/mol. The first kappa shape index (κ1) is 13.5. The molecule has 1 aromatic heterocycles. The number of nitrogens with one attached hydrogen (secondary N) is 1. The lowest BCUT2D eigenvalue weighted by Gasteiger charge is -2.29. The van der Waals surface area contributed by atoms with Crippen molar-refractivity contribution < 1.29 is 9.90 Å². The average Bonchev–Trinajstić information content (AvgIpc) is 2.74. The van der Waals surface area contributed by atoms with Gasteiger partial charge in [0.15, 0.2) is 0 Å². The molecule has 2 atom stereocenters. The van der Waals surface area contributed by atoms with Crippen LogP contribution in [0.3, 0.4) is 0 Å². The highest BCUT2D eigenvalue weighted by Crippen LogP contribution is 2.25. The van der Waals surface area contributed by atoms with E-state index in [1.165, 1.54) is 0 Å². The summed E-state index contributed by atoms with van der Waals surface area (Å²) in [6, 6.07) is 5.20. The molecule has 1 heterocycles. The molecule has 0 amide bonds. The Balaban J connectivity index is 2.34. The largest absolute Gasteiger partial charge is 0.481 e. The highest BCUT2D eigenvalue weighted by Gasteiger charge is 2.24. The number of H-pyrrole nitrogens is 1. The van der Waals surface area contributed by atoms with E-state index in [0.717, 1.165) is 16.6 Å². The Kier molecular flexibility index (Phi) is 3.82. The van der Waals surface area contributed by atoms with Crippen molar-refractivity contribution in [1.29, 1.82) is 0 Å². The Hall–Kier alpha value is -1.92. The summed E-state index contributed by atoms with van der Waals surface area (Å²) in [7, 11) is 3.78. The molecule has 102 valence electrons. The van der Waals surface area contributed by atoms with Gasteiger partial charge in [0.05, 0.1) is 23.8 Å². The summed E-state index contributed by atoms with van der Waals surface area (Å²) in [6.45, 7) is 0. The molecule has 19 heavy (non-hydrogen) atoms. The van der Waals surface area contributed by atoms with Gasteiger partial charge in [-0.15, -0.1) is 0 Å². The highest BCUT2D eigenvalue weighted by atomic mass is 16.4. The monoisotopic (exact) mass is 262 g/mol. The van der Waals surface area contributed by atoms with Crippen LogP contribution in [-0.2, 0) is 4.79 Å². The quantitative estimate of drug-likeness (QED) is 0.746. The molecule has 0 bridgehead atoms. The van der Waals surface area contributed by atoms with Crippen LogP contribution in [0, 0.1) is 0 Å². The van der Waals surface area contributed by atoms with Gasteiger partial charge in [-0.2, -0.15) is 0 Å². The fourth-order valence-electron chi connectivity index (χ4n) is 2.38. The molecule has 4 N–H and O–H groups in total. The van der Waals surface area contributed by atoms with Crippen molar-refractivity contribution in [3.63, 3.8) is 0 Å². The smallest absolute Gasteiger partial charge is 0.304 e. The lowest BCUT2D eigenvalue weighted by Crippen LogP contribution is -2.38. The second-order valence-electron chi connectivity index (χ2n) is 4.85. The SMILES string of the molecule is CN(C)C(c1ccc2nc[nH]c2c1)C(N)CC(=O)O. The second-order valence-corrected chi connectivity index (χ2v) is 4.85. The van der Waals surface area contributed by atoms with Gasteiger partial charge in [-0.05, 0) is 31.8 Å². The molecule has 0 radical (unpaired) electrons. The van der Waals surface area contributed by atoms with Crippen molar-refractivity contribution in [2.24, 2.45) is 5.73 Å². The minimum Gasteiger partial charge on any atom is -0.481 e. The zero-order chi connectivity index (χ0) is 14.0. The lowest BCUT2D eigenvalue weighted by atomic mass is 9.96. The van der Waals surface area contributed by atoms with Crippen molar-refractivity contribution in [2.75, 3.05) is 14.1 Å². The van der Waals surface area contributed by atoms with Crippen LogP contribution in [0.1, 0.15) is 18.0 Å². The van der Waals surface area contributed by atoms with E-state index in [2.05, 4.69) is 9.97 Å². The van der Waals surface area contributed by atoms with E-state index in [4.69, 9.17) is 10.8 Å². The van der Waals surface area contributed by atoms with E-state index < -0.39 is 12.0 Å². The summed E-state index contributed by atoms with van der Waals surface area (Å²) in [4.78, 5) is 20.0. The molecule has 6 heteroatoms. The first-order chi connectivity index (χ1) is 8.99. The van der Waals surface area contributed by atoms with E-state index in [-0.39, 0.29) is 12.5 Å². The number of carboxylic acids is 1. The Morgan fingerprint density at radius 3 is 2.89 bits per heavy atom. The summed E-state index contributed by atoms with van der Waals surface area (Å²) in [5.41, 5.74) is 8.81. The predicted molar refractivity (Wildman–Crippen MR) is 72.7 cm³/mol. The van der Waals surface area contributed by atoms with E-state index in [0.29, 0.717) is 0 Å². The number of hydrogen-bond donors (Lipinski definition) is 3. The molecule has 0 spiro atoms. The van der Waals surface area contributed by atoms with E-state index in [9.17, 15) is 4.79 Å². The molecule has 0 aliphatic rings. The zero-order valence-electron chi connectivity index (χ0n) is 11.0. The third kappa shape index (κ3) is 2.91. The third-order valence-corrected chi connectivity index (χ3v) is 3.16. The lowest BCUT2D eigenvalue weighted by molar-refractivity contribution is -0.137. The van der Waals surface area contributed by atoms with Crippen LogP contribution in [0.2, 0.25) is 0 Å². The van der Waals surface area contributed by atoms with Crippen molar-refractivity contribution in [1.82, 2.24) is 14.9 Å². The van der Waals surface area contributed by atoms with Crippen molar-refractivity contribution in [3.05, 3.63) is 30.1 Å². The minimum absolute atomic E-state index is 0.0656. The molecule has 0 aliphatic heterocycles. The van der Waals surface area contributed by atoms with Crippen LogP contribution >= 0.6 is 0 Å². The Labute approximate surface area is 111 Å². The van der Waals surface area contributed by atoms with Crippen LogP contribution in [0.25, 0.3) is 11.0 Å². The summed E-state index contributed by atoms with van der Waals surface area (Å²) in [5.74, 6) is -0.887. The molecule has 2 aromatic rings. The standard InChI is InChI=1S/C13H18N4O2/c1-17(2)13(9(14)6-12(18)19)8-3-4-10-11(5-8)16-7-15-10/h3-5,7,9,13H,6,14H2,1-2H3,(H,15,16)(H,18,19). The molecule has 1 aromatic carbocycles. The van der Waals surface area contributed by atoms with Crippen LogP contribution in [0.5, 0.6) is 0 Å². The van der Waals surface area contributed by atoms with Gasteiger partial charge >= 0.3 is 5.97 Å². The maximum Gasteiger partial charge on any atom is 0.304 e. The Morgan fingerprint density at radius 1 is 1.53 bits per heavy atom.